The maximum Gasteiger partial charge on any atom is 0.339 e. The standard InChI is InChI=1S/C32H46O4/c1-10-11-12-13-14-15-24-16-18-25(19-17-24)27(33)21-20-26-29(35-9)22(2)28(23(3)32(26,7)8)30(34)36-31(4,5)6/h16-21,26H,10-15H2,1-9H3. The van der Waals surface area contributed by atoms with Gasteiger partial charge in [-0.15, -0.1) is 0 Å². The van der Waals surface area contributed by atoms with Crippen LogP contribution in [0.15, 0.2) is 58.9 Å². The van der Waals surface area contributed by atoms with Gasteiger partial charge >= 0.3 is 5.97 Å². The Kier molecular flexibility index (Phi) is 10.3. The first kappa shape index (κ1) is 29.6. The van der Waals surface area contributed by atoms with E-state index in [-0.39, 0.29) is 17.7 Å². The third kappa shape index (κ3) is 7.44. The number of ketones is 1. The summed E-state index contributed by atoms with van der Waals surface area (Å²) in [5.74, 6) is 0.131. The molecule has 0 amide bonds. The second-order valence-corrected chi connectivity index (χ2v) is 11.5. The lowest BCUT2D eigenvalue weighted by Gasteiger charge is -2.40. The van der Waals surface area contributed by atoms with Crippen molar-refractivity contribution < 1.29 is 19.1 Å². The summed E-state index contributed by atoms with van der Waals surface area (Å²) in [6.45, 7) is 15.8. The van der Waals surface area contributed by atoms with Crippen LogP contribution in [-0.4, -0.2) is 24.5 Å². The molecule has 0 aromatic heterocycles. The SMILES string of the molecule is CCCCCCCc1ccc(C(=O)C=CC2C(OC)=C(C)C(C(=O)OC(C)(C)C)=C(C)C2(C)C)cc1. The van der Waals surface area contributed by atoms with Crippen LogP contribution in [0, 0.1) is 11.3 Å². The van der Waals surface area contributed by atoms with Crippen molar-refractivity contribution in [3.8, 4) is 0 Å². The van der Waals surface area contributed by atoms with E-state index < -0.39 is 11.0 Å². The summed E-state index contributed by atoms with van der Waals surface area (Å²) in [5, 5.41) is 0. The molecule has 0 heterocycles. The number of carbonyl (C=O) groups excluding carboxylic acids is 2. The summed E-state index contributed by atoms with van der Waals surface area (Å²) < 4.78 is 11.5. The van der Waals surface area contributed by atoms with E-state index in [2.05, 4.69) is 32.9 Å². The third-order valence-electron chi connectivity index (χ3n) is 7.22. The van der Waals surface area contributed by atoms with E-state index in [4.69, 9.17) is 9.47 Å². The Hall–Kier alpha value is -2.62. The van der Waals surface area contributed by atoms with Gasteiger partial charge in [-0.05, 0) is 64.5 Å². The van der Waals surface area contributed by atoms with Crippen LogP contribution < -0.4 is 0 Å². The third-order valence-corrected chi connectivity index (χ3v) is 7.22. The number of rotatable bonds is 11. The number of ether oxygens (including phenoxy) is 2. The molecule has 1 unspecified atom stereocenters. The molecule has 0 spiro atoms. The summed E-state index contributed by atoms with van der Waals surface area (Å²) in [4.78, 5) is 26.0. The Morgan fingerprint density at radius 2 is 1.61 bits per heavy atom. The van der Waals surface area contributed by atoms with Crippen molar-refractivity contribution in [2.24, 2.45) is 11.3 Å². The molecule has 1 aromatic carbocycles. The second kappa shape index (κ2) is 12.6. The minimum Gasteiger partial charge on any atom is -0.500 e. The van der Waals surface area contributed by atoms with Gasteiger partial charge in [-0.25, -0.2) is 4.79 Å². The summed E-state index contributed by atoms with van der Waals surface area (Å²) in [6, 6.07) is 7.97. The number of unbranched alkanes of at least 4 members (excludes halogenated alkanes) is 4. The molecular formula is C32H46O4. The molecule has 0 saturated carbocycles. The van der Waals surface area contributed by atoms with E-state index in [0.717, 1.165) is 17.6 Å². The van der Waals surface area contributed by atoms with Crippen molar-refractivity contribution in [1.29, 1.82) is 0 Å². The minimum atomic E-state index is -0.588. The lowest BCUT2D eigenvalue weighted by Crippen LogP contribution is -2.35. The van der Waals surface area contributed by atoms with Crippen LogP contribution in [0.4, 0.5) is 0 Å². The molecule has 1 aromatic rings. The molecule has 0 radical (unpaired) electrons. The fourth-order valence-corrected chi connectivity index (χ4v) is 4.81. The Balaban J connectivity index is 2.21. The van der Waals surface area contributed by atoms with Crippen molar-refractivity contribution >= 4 is 11.8 Å². The van der Waals surface area contributed by atoms with E-state index in [0.29, 0.717) is 16.9 Å². The molecule has 0 fully saturated rings. The van der Waals surface area contributed by atoms with E-state index >= 15 is 0 Å². The van der Waals surface area contributed by atoms with Crippen molar-refractivity contribution in [2.45, 2.75) is 99.5 Å². The van der Waals surface area contributed by atoms with Crippen LogP contribution in [0.3, 0.4) is 0 Å². The highest BCUT2D eigenvalue weighted by molar-refractivity contribution is 6.04. The number of allylic oxidation sites excluding steroid dienone is 3. The fraction of sp³-hybridized carbons (Fsp3) is 0.562. The van der Waals surface area contributed by atoms with E-state index in [1.165, 1.54) is 37.7 Å². The molecule has 4 heteroatoms. The zero-order valence-corrected chi connectivity index (χ0v) is 23.9. The molecule has 2 rings (SSSR count). The van der Waals surface area contributed by atoms with E-state index in [9.17, 15) is 9.59 Å². The first-order valence-corrected chi connectivity index (χ1v) is 13.3. The van der Waals surface area contributed by atoms with Crippen LogP contribution in [0.25, 0.3) is 0 Å². The average Bonchev–Trinajstić information content (AvgIpc) is 2.79. The number of esters is 1. The van der Waals surface area contributed by atoms with Gasteiger partial charge in [0.25, 0.3) is 0 Å². The van der Waals surface area contributed by atoms with Gasteiger partial charge in [-0.2, -0.15) is 0 Å². The Morgan fingerprint density at radius 1 is 1.00 bits per heavy atom. The highest BCUT2D eigenvalue weighted by Gasteiger charge is 2.42. The quantitative estimate of drug-likeness (QED) is 0.135. The summed E-state index contributed by atoms with van der Waals surface area (Å²) in [6.07, 6.45) is 10.9. The number of aryl methyl sites for hydroxylation is 1. The van der Waals surface area contributed by atoms with Gasteiger partial charge in [0, 0.05) is 17.1 Å². The highest BCUT2D eigenvalue weighted by Crippen LogP contribution is 2.48. The van der Waals surface area contributed by atoms with Crippen molar-refractivity contribution in [2.75, 3.05) is 7.11 Å². The van der Waals surface area contributed by atoms with Crippen molar-refractivity contribution in [1.82, 2.24) is 0 Å². The monoisotopic (exact) mass is 494 g/mol. The van der Waals surface area contributed by atoms with Crippen LogP contribution in [-0.2, 0) is 20.7 Å². The van der Waals surface area contributed by atoms with Crippen LogP contribution in [0.5, 0.6) is 0 Å². The van der Waals surface area contributed by atoms with Crippen LogP contribution >= 0.6 is 0 Å². The number of hydrogen-bond acceptors (Lipinski definition) is 4. The Labute approximate surface area is 218 Å². The number of carbonyl (C=O) groups is 2. The second-order valence-electron chi connectivity index (χ2n) is 11.5. The van der Waals surface area contributed by atoms with Gasteiger partial charge in [0.05, 0.1) is 12.7 Å². The predicted molar refractivity (Wildman–Crippen MR) is 148 cm³/mol. The van der Waals surface area contributed by atoms with Crippen LogP contribution in [0.2, 0.25) is 0 Å². The van der Waals surface area contributed by atoms with Crippen molar-refractivity contribution in [3.63, 3.8) is 0 Å². The molecule has 1 aliphatic rings. The lowest BCUT2D eigenvalue weighted by molar-refractivity contribution is -0.149. The molecule has 36 heavy (non-hydrogen) atoms. The zero-order valence-electron chi connectivity index (χ0n) is 23.9. The first-order chi connectivity index (χ1) is 16.8. The summed E-state index contributed by atoms with van der Waals surface area (Å²) >= 11 is 0. The highest BCUT2D eigenvalue weighted by atomic mass is 16.6. The zero-order chi connectivity index (χ0) is 27.1. The van der Waals surface area contributed by atoms with Gasteiger partial charge in [0.2, 0.25) is 0 Å². The Morgan fingerprint density at radius 3 is 2.17 bits per heavy atom. The summed E-state index contributed by atoms with van der Waals surface area (Å²) in [5.41, 5.74) is 3.18. The van der Waals surface area contributed by atoms with Crippen LogP contribution in [0.1, 0.15) is 103 Å². The van der Waals surface area contributed by atoms with Gasteiger partial charge in [0.15, 0.2) is 5.78 Å². The fourth-order valence-electron chi connectivity index (χ4n) is 4.81. The number of benzene rings is 1. The molecule has 1 aliphatic carbocycles. The topological polar surface area (TPSA) is 52.6 Å². The number of hydrogen-bond donors (Lipinski definition) is 0. The maximum absolute atomic E-state index is 13.0. The van der Waals surface area contributed by atoms with Gasteiger partial charge in [-0.1, -0.05) is 82.4 Å². The van der Waals surface area contributed by atoms with Gasteiger partial charge < -0.3 is 9.47 Å². The number of methoxy groups -OCH3 is 1. The van der Waals surface area contributed by atoms with E-state index in [1.807, 2.05) is 52.8 Å². The first-order valence-electron chi connectivity index (χ1n) is 13.3. The molecule has 0 bridgehead atoms. The average molecular weight is 495 g/mol. The van der Waals surface area contributed by atoms with Gasteiger partial charge in [0.1, 0.15) is 11.4 Å². The molecule has 198 valence electrons. The minimum absolute atomic E-state index is 0.0343. The molecule has 4 nitrogen and oxygen atoms in total. The summed E-state index contributed by atoms with van der Waals surface area (Å²) in [7, 11) is 1.62. The Bertz CT molecular complexity index is 1010. The molecular weight excluding hydrogens is 448 g/mol. The normalized spacial score (nSPS) is 18.1. The van der Waals surface area contributed by atoms with E-state index in [1.54, 1.807) is 13.2 Å². The molecule has 0 N–H and O–H groups in total. The maximum atomic E-state index is 13.0. The predicted octanol–water partition coefficient (Wildman–Crippen LogP) is 8.17. The molecule has 1 atom stereocenters. The largest absolute Gasteiger partial charge is 0.500 e. The molecule has 0 saturated heterocycles. The smallest absolute Gasteiger partial charge is 0.339 e. The molecule has 0 aliphatic heterocycles. The lowest BCUT2D eigenvalue weighted by atomic mass is 9.66. The van der Waals surface area contributed by atoms with Crippen molar-refractivity contribution in [3.05, 3.63) is 70.0 Å². The van der Waals surface area contributed by atoms with Gasteiger partial charge in [-0.3, -0.25) is 4.79 Å².